The molecule has 0 bridgehead atoms. The molecule has 0 heterocycles. The molecule has 0 spiro atoms. The van der Waals surface area contributed by atoms with Gasteiger partial charge in [0, 0.05) is 12.1 Å². The molecule has 2 rings (SSSR count). The van der Waals surface area contributed by atoms with Crippen LogP contribution in [-0.2, 0) is 6.42 Å². The number of rotatable bonds is 8. The summed E-state index contributed by atoms with van der Waals surface area (Å²) in [5, 5.41) is 6.21. The lowest BCUT2D eigenvalue weighted by molar-refractivity contribution is 0.0951. The fourth-order valence-electron chi connectivity index (χ4n) is 3.21. The van der Waals surface area contributed by atoms with E-state index in [1.165, 1.54) is 32.1 Å². The molecule has 1 amide bonds. The molecule has 0 atom stereocenters. The van der Waals surface area contributed by atoms with Crippen molar-refractivity contribution >= 4 is 5.91 Å². The number of benzene rings is 1. The van der Waals surface area contributed by atoms with Gasteiger partial charge in [-0.1, -0.05) is 43.9 Å². The van der Waals surface area contributed by atoms with Crippen molar-refractivity contribution in [2.45, 2.75) is 44.9 Å². The van der Waals surface area contributed by atoms with Crippen molar-refractivity contribution in [3.8, 4) is 0 Å². The Hall–Kier alpha value is -1.35. The summed E-state index contributed by atoms with van der Waals surface area (Å²) < 4.78 is 0. The van der Waals surface area contributed by atoms with E-state index in [-0.39, 0.29) is 5.91 Å². The minimum Gasteiger partial charge on any atom is -0.352 e. The van der Waals surface area contributed by atoms with E-state index in [1.54, 1.807) is 0 Å². The fourth-order valence-corrected chi connectivity index (χ4v) is 3.21. The lowest BCUT2D eigenvalue weighted by Crippen LogP contribution is -2.26. The van der Waals surface area contributed by atoms with E-state index >= 15 is 0 Å². The van der Waals surface area contributed by atoms with Crippen LogP contribution in [0.5, 0.6) is 0 Å². The zero-order valence-electron chi connectivity index (χ0n) is 13.2. The third-order valence-electron chi connectivity index (χ3n) is 4.46. The maximum atomic E-state index is 12.3. The molecule has 0 radical (unpaired) electrons. The summed E-state index contributed by atoms with van der Waals surface area (Å²) in [5.74, 6) is 0.984. The quantitative estimate of drug-likeness (QED) is 0.722. The highest BCUT2D eigenvalue weighted by molar-refractivity contribution is 5.95. The van der Waals surface area contributed by atoms with Crippen LogP contribution in [0, 0.1) is 5.92 Å². The maximum Gasteiger partial charge on any atom is 0.251 e. The van der Waals surface area contributed by atoms with Crippen LogP contribution in [0.25, 0.3) is 0 Å². The van der Waals surface area contributed by atoms with Gasteiger partial charge in [0.1, 0.15) is 0 Å². The van der Waals surface area contributed by atoms with Crippen molar-refractivity contribution in [1.82, 2.24) is 10.6 Å². The molecule has 116 valence electrons. The van der Waals surface area contributed by atoms with E-state index in [1.807, 2.05) is 31.3 Å². The monoisotopic (exact) mass is 288 g/mol. The molecule has 1 aromatic carbocycles. The van der Waals surface area contributed by atoms with Gasteiger partial charge >= 0.3 is 0 Å². The number of amides is 1. The van der Waals surface area contributed by atoms with Crippen LogP contribution >= 0.6 is 0 Å². The minimum absolute atomic E-state index is 0.0770. The van der Waals surface area contributed by atoms with E-state index in [2.05, 4.69) is 10.6 Å². The first-order valence-electron chi connectivity index (χ1n) is 8.32. The molecule has 0 aromatic heterocycles. The number of hydrogen-bond acceptors (Lipinski definition) is 2. The van der Waals surface area contributed by atoms with Crippen LogP contribution in [0.15, 0.2) is 24.3 Å². The second kappa shape index (κ2) is 8.83. The van der Waals surface area contributed by atoms with Crippen LogP contribution in [0.4, 0.5) is 0 Å². The van der Waals surface area contributed by atoms with Gasteiger partial charge in [-0.05, 0) is 50.4 Å². The number of carbonyl (C=O) groups excluding carboxylic acids is 1. The maximum absolute atomic E-state index is 12.3. The van der Waals surface area contributed by atoms with E-state index in [9.17, 15) is 4.79 Å². The Balaban J connectivity index is 1.76. The highest BCUT2D eigenvalue weighted by atomic mass is 16.1. The summed E-state index contributed by atoms with van der Waals surface area (Å²) in [6.45, 7) is 1.70. The highest BCUT2D eigenvalue weighted by Crippen LogP contribution is 2.28. The Kier molecular flexibility index (Phi) is 6.74. The molecule has 0 aliphatic heterocycles. The van der Waals surface area contributed by atoms with E-state index in [0.29, 0.717) is 0 Å². The Morgan fingerprint density at radius 2 is 1.95 bits per heavy atom. The third kappa shape index (κ3) is 5.16. The Bertz CT molecular complexity index is 439. The van der Waals surface area contributed by atoms with Crippen molar-refractivity contribution in [3.63, 3.8) is 0 Å². The van der Waals surface area contributed by atoms with Crippen LogP contribution in [0.3, 0.4) is 0 Å². The molecule has 1 aliphatic carbocycles. The van der Waals surface area contributed by atoms with Gasteiger partial charge in [-0.15, -0.1) is 0 Å². The van der Waals surface area contributed by atoms with Crippen LogP contribution in [0.1, 0.15) is 54.4 Å². The third-order valence-corrected chi connectivity index (χ3v) is 4.46. The van der Waals surface area contributed by atoms with Gasteiger partial charge in [0.2, 0.25) is 0 Å². The van der Waals surface area contributed by atoms with Crippen molar-refractivity contribution in [2.24, 2.45) is 5.92 Å². The van der Waals surface area contributed by atoms with Gasteiger partial charge in [-0.2, -0.15) is 0 Å². The van der Waals surface area contributed by atoms with Crippen molar-refractivity contribution in [1.29, 1.82) is 0 Å². The van der Waals surface area contributed by atoms with E-state index in [4.69, 9.17) is 0 Å². The first-order chi connectivity index (χ1) is 10.3. The zero-order valence-corrected chi connectivity index (χ0v) is 13.2. The number of likely N-dealkylation sites (N-methyl/N-ethyl adjacent to an activating group) is 1. The van der Waals surface area contributed by atoms with Gasteiger partial charge in [-0.25, -0.2) is 0 Å². The van der Waals surface area contributed by atoms with Crippen LogP contribution in [-0.4, -0.2) is 26.0 Å². The molecule has 0 saturated heterocycles. The number of nitrogens with one attached hydrogen (secondary N) is 2. The first kappa shape index (κ1) is 16.0. The Morgan fingerprint density at radius 1 is 1.19 bits per heavy atom. The van der Waals surface area contributed by atoms with Gasteiger partial charge in [0.05, 0.1) is 0 Å². The van der Waals surface area contributed by atoms with E-state index < -0.39 is 0 Å². The highest BCUT2D eigenvalue weighted by Gasteiger charge is 2.14. The molecule has 2 N–H and O–H groups in total. The topological polar surface area (TPSA) is 41.1 Å². The van der Waals surface area contributed by atoms with Gasteiger partial charge in [0.15, 0.2) is 0 Å². The van der Waals surface area contributed by atoms with Gasteiger partial charge < -0.3 is 10.6 Å². The standard InChI is InChI=1S/C18H28N2O/c1-19-14-12-16-10-4-5-11-17(16)18(21)20-13-6-9-15-7-2-3-8-15/h4-5,10-11,15,19H,2-3,6-9,12-14H2,1H3,(H,20,21). The normalized spacial score (nSPS) is 15.3. The predicted octanol–water partition coefficient (Wildman–Crippen LogP) is 3.15. The largest absolute Gasteiger partial charge is 0.352 e. The summed E-state index contributed by atoms with van der Waals surface area (Å²) in [6, 6.07) is 7.92. The predicted molar refractivity (Wildman–Crippen MR) is 87.6 cm³/mol. The van der Waals surface area contributed by atoms with Gasteiger partial charge in [0.25, 0.3) is 5.91 Å². The molecule has 21 heavy (non-hydrogen) atoms. The summed E-state index contributed by atoms with van der Waals surface area (Å²) in [6.07, 6.45) is 8.84. The summed E-state index contributed by atoms with van der Waals surface area (Å²) in [5.41, 5.74) is 1.95. The molecule has 3 heteroatoms. The fraction of sp³-hybridized carbons (Fsp3) is 0.611. The molecule has 1 saturated carbocycles. The second-order valence-electron chi connectivity index (χ2n) is 6.06. The molecule has 0 unspecified atom stereocenters. The summed E-state index contributed by atoms with van der Waals surface area (Å²) >= 11 is 0. The lowest BCUT2D eigenvalue weighted by Gasteiger charge is -2.11. The number of hydrogen-bond donors (Lipinski definition) is 2. The Morgan fingerprint density at radius 3 is 2.71 bits per heavy atom. The minimum atomic E-state index is 0.0770. The molecule has 1 aliphatic rings. The molecule has 3 nitrogen and oxygen atoms in total. The van der Waals surface area contributed by atoms with E-state index in [0.717, 1.165) is 43.0 Å². The van der Waals surface area contributed by atoms with Gasteiger partial charge in [-0.3, -0.25) is 4.79 Å². The van der Waals surface area contributed by atoms with Crippen molar-refractivity contribution in [2.75, 3.05) is 20.1 Å². The summed E-state index contributed by atoms with van der Waals surface area (Å²) in [7, 11) is 1.94. The van der Waals surface area contributed by atoms with Crippen molar-refractivity contribution < 1.29 is 4.79 Å². The average Bonchev–Trinajstić information content (AvgIpc) is 3.03. The molecule has 1 aromatic rings. The number of carbonyl (C=O) groups is 1. The molecular weight excluding hydrogens is 260 g/mol. The average molecular weight is 288 g/mol. The first-order valence-corrected chi connectivity index (χ1v) is 8.32. The van der Waals surface area contributed by atoms with Crippen LogP contribution in [0.2, 0.25) is 0 Å². The van der Waals surface area contributed by atoms with Crippen molar-refractivity contribution in [3.05, 3.63) is 35.4 Å². The smallest absolute Gasteiger partial charge is 0.251 e. The zero-order chi connectivity index (χ0) is 14.9. The molecular formula is C18H28N2O. The Labute approximate surface area is 128 Å². The second-order valence-corrected chi connectivity index (χ2v) is 6.06. The summed E-state index contributed by atoms with van der Waals surface area (Å²) in [4.78, 5) is 12.3. The SMILES string of the molecule is CNCCc1ccccc1C(=O)NCCCC1CCCC1. The molecule has 1 fully saturated rings. The van der Waals surface area contributed by atoms with Crippen LogP contribution < -0.4 is 10.6 Å². The lowest BCUT2D eigenvalue weighted by atomic mass is 10.0.